The summed E-state index contributed by atoms with van der Waals surface area (Å²) in [5, 5.41) is 3.08. The van der Waals surface area contributed by atoms with Gasteiger partial charge in [0.15, 0.2) is 0 Å². The first-order valence-electron chi connectivity index (χ1n) is 6.46. The Balaban J connectivity index is 1.83. The highest BCUT2D eigenvalue weighted by atomic mass is 16.5. The zero-order valence-electron chi connectivity index (χ0n) is 11.1. The van der Waals surface area contributed by atoms with Gasteiger partial charge < -0.3 is 15.0 Å². The highest BCUT2D eigenvalue weighted by Gasteiger charge is 2.38. The largest absolute Gasteiger partial charge is 0.376 e. The maximum absolute atomic E-state index is 12.3. The minimum atomic E-state index is -0.292. The molecule has 0 bridgehead atoms. The highest BCUT2D eigenvalue weighted by molar-refractivity contribution is 5.97. The number of carbonyl (C=O) groups is 1. The second-order valence-corrected chi connectivity index (χ2v) is 5.27. The number of amides is 1. The lowest BCUT2D eigenvalue weighted by Gasteiger charge is -2.28. The third kappa shape index (κ3) is 2.10. The second kappa shape index (κ2) is 4.35. The summed E-state index contributed by atoms with van der Waals surface area (Å²) in [6.07, 6.45) is 2.50. The van der Waals surface area contributed by atoms with Crippen LogP contribution < -0.4 is 5.32 Å². The number of hydrogen-bond acceptors (Lipinski definition) is 3. The van der Waals surface area contributed by atoms with Crippen LogP contribution in [-0.4, -0.2) is 34.1 Å². The van der Waals surface area contributed by atoms with Gasteiger partial charge in [-0.1, -0.05) is 0 Å². The Morgan fingerprint density at radius 3 is 3.16 bits per heavy atom. The Morgan fingerprint density at radius 2 is 2.42 bits per heavy atom. The van der Waals surface area contributed by atoms with Gasteiger partial charge in [-0.05, 0) is 38.5 Å². The first-order chi connectivity index (χ1) is 9.08. The fraction of sp³-hybridized carbons (Fsp3) is 0.429. The molecule has 100 valence electrons. The molecule has 0 saturated carbocycles. The van der Waals surface area contributed by atoms with E-state index in [4.69, 9.17) is 4.74 Å². The summed E-state index contributed by atoms with van der Waals surface area (Å²) in [6.45, 7) is 4.71. The number of ether oxygens (including phenoxy) is 1. The SMILES string of the molecule is CC1OCCC1(C)NC(=O)c1ccc2nc[nH]c2c1. The molecule has 0 aliphatic carbocycles. The van der Waals surface area contributed by atoms with Crippen LogP contribution in [-0.2, 0) is 4.74 Å². The van der Waals surface area contributed by atoms with E-state index in [9.17, 15) is 4.79 Å². The number of benzene rings is 1. The van der Waals surface area contributed by atoms with E-state index in [-0.39, 0.29) is 17.6 Å². The summed E-state index contributed by atoms with van der Waals surface area (Å²) >= 11 is 0. The van der Waals surface area contributed by atoms with Crippen molar-refractivity contribution >= 4 is 16.9 Å². The molecule has 1 saturated heterocycles. The fourth-order valence-electron chi connectivity index (χ4n) is 2.41. The number of nitrogens with one attached hydrogen (secondary N) is 2. The highest BCUT2D eigenvalue weighted by Crippen LogP contribution is 2.25. The van der Waals surface area contributed by atoms with Gasteiger partial charge in [0, 0.05) is 12.2 Å². The molecule has 3 rings (SSSR count). The van der Waals surface area contributed by atoms with E-state index in [0.717, 1.165) is 17.5 Å². The molecule has 2 aromatic rings. The zero-order chi connectivity index (χ0) is 13.5. The molecule has 2 atom stereocenters. The number of carbonyl (C=O) groups excluding carboxylic acids is 1. The summed E-state index contributed by atoms with van der Waals surface area (Å²) in [6, 6.07) is 5.46. The molecule has 1 aliphatic heterocycles. The quantitative estimate of drug-likeness (QED) is 0.865. The van der Waals surface area contributed by atoms with Crippen molar-refractivity contribution in [2.45, 2.75) is 31.9 Å². The number of rotatable bonds is 2. The maximum Gasteiger partial charge on any atom is 0.251 e. The van der Waals surface area contributed by atoms with E-state index in [1.807, 2.05) is 26.0 Å². The van der Waals surface area contributed by atoms with Gasteiger partial charge in [0.05, 0.1) is 29.0 Å². The Labute approximate surface area is 111 Å². The molecule has 2 heterocycles. The molecule has 0 radical (unpaired) electrons. The summed E-state index contributed by atoms with van der Waals surface area (Å²) in [7, 11) is 0. The van der Waals surface area contributed by atoms with Crippen LogP contribution >= 0.6 is 0 Å². The molecule has 19 heavy (non-hydrogen) atoms. The van der Waals surface area contributed by atoms with E-state index in [2.05, 4.69) is 15.3 Å². The number of H-pyrrole nitrogens is 1. The van der Waals surface area contributed by atoms with Gasteiger partial charge in [-0.15, -0.1) is 0 Å². The van der Waals surface area contributed by atoms with Crippen molar-refractivity contribution in [3.05, 3.63) is 30.1 Å². The molecule has 2 unspecified atom stereocenters. The van der Waals surface area contributed by atoms with E-state index >= 15 is 0 Å². The number of imidazole rings is 1. The minimum Gasteiger partial charge on any atom is -0.376 e. The van der Waals surface area contributed by atoms with Crippen LogP contribution in [0, 0.1) is 0 Å². The third-order valence-corrected chi connectivity index (χ3v) is 3.97. The molecule has 1 aromatic carbocycles. The Morgan fingerprint density at radius 1 is 1.58 bits per heavy atom. The van der Waals surface area contributed by atoms with Crippen LogP contribution in [0.3, 0.4) is 0 Å². The van der Waals surface area contributed by atoms with Gasteiger partial charge in [-0.25, -0.2) is 4.98 Å². The smallest absolute Gasteiger partial charge is 0.251 e. The van der Waals surface area contributed by atoms with E-state index < -0.39 is 0 Å². The van der Waals surface area contributed by atoms with Gasteiger partial charge >= 0.3 is 0 Å². The average molecular weight is 259 g/mol. The van der Waals surface area contributed by atoms with Crippen molar-refractivity contribution in [3.8, 4) is 0 Å². The first-order valence-corrected chi connectivity index (χ1v) is 6.46. The summed E-state index contributed by atoms with van der Waals surface area (Å²) in [5.74, 6) is -0.0728. The number of fused-ring (bicyclic) bond motifs is 1. The second-order valence-electron chi connectivity index (χ2n) is 5.27. The number of nitrogens with zero attached hydrogens (tertiary/aromatic N) is 1. The van der Waals surface area contributed by atoms with Gasteiger partial charge in [0.25, 0.3) is 5.91 Å². The van der Waals surface area contributed by atoms with Crippen molar-refractivity contribution in [1.82, 2.24) is 15.3 Å². The molecule has 1 aliphatic rings. The lowest BCUT2D eigenvalue weighted by Crippen LogP contribution is -2.50. The predicted molar refractivity (Wildman–Crippen MR) is 72.0 cm³/mol. The van der Waals surface area contributed by atoms with E-state index in [1.165, 1.54) is 0 Å². The maximum atomic E-state index is 12.3. The first kappa shape index (κ1) is 12.2. The van der Waals surface area contributed by atoms with Crippen LogP contribution in [0.1, 0.15) is 30.6 Å². The van der Waals surface area contributed by atoms with Crippen molar-refractivity contribution in [2.75, 3.05) is 6.61 Å². The summed E-state index contributed by atoms with van der Waals surface area (Å²) in [5.41, 5.74) is 2.07. The molecular formula is C14H17N3O2. The molecule has 5 nitrogen and oxygen atoms in total. The standard InChI is InChI=1S/C14H17N3O2/c1-9-14(2,5-6-19-9)17-13(18)10-3-4-11-12(7-10)16-8-15-11/h3-4,7-9H,5-6H2,1-2H3,(H,15,16)(H,17,18). The van der Waals surface area contributed by atoms with E-state index in [0.29, 0.717) is 12.2 Å². The molecular weight excluding hydrogens is 242 g/mol. The van der Waals surface area contributed by atoms with Crippen LogP contribution in [0.15, 0.2) is 24.5 Å². The Hall–Kier alpha value is -1.88. The van der Waals surface area contributed by atoms with Crippen LogP contribution in [0.2, 0.25) is 0 Å². The van der Waals surface area contributed by atoms with Crippen molar-refractivity contribution in [3.63, 3.8) is 0 Å². The normalized spacial score (nSPS) is 26.7. The topological polar surface area (TPSA) is 67.0 Å². The monoisotopic (exact) mass is 259 g/mol. The van der Waals surface area contributed by atoms with E-state index in [1.54, 1.807) is 12.4 Å². The molecule has 1 fully saturated rings. The molecule has 1 amide bonds. The Kier molecular flexibility index (Phi) is 2.78. The van der Waals surface area contributed by atoms with Crippen LogP contribution in [0.25, 0.3) is 11.0 Å². The van der Waals surface area contributed by atoms with Gasteiger partial charge in [-0.3, -0.25) is 4.79 Å². The number of aromatic amines is 1. The zero-order valence-corrected chi connectivity index (χ0v) is 11.1. The molecule has 1 aromatic heterocycles. The fourth-order valence-corrected chi connectivity index (χ4v) is 2.41. The van der Waals surface area contributed by atoms with Crippen LogP contribution in [0.5, 0.6) is 0 Å². The third-order valence-electron chi connectivity index (χ3n) is 3.97. The molecule has 2 N–H and O–H groups in total. The van der Waals surface area contributed by atoms with Gasteiger partial charge in [0.1, 0.15) is 0 Å². The molecule has 0 spiro atoms. The molecule has 5 heteroatoms. The number of hydrogen-bond donors (Lipinski definition) is 2. The minimum absolute atomic E-state index is 0.0346. The lowest BCUT2D eigenvalue weighted by molar-refractivity contribution is 0.0727. The van der Waals surface area contributed by atoms with Crippen molar-refractivity contribution in [2.24, 2.45) is 0 Å². The lowest BCUT2D eigenvalue weighted by atomic mass is 9.94. The van der Waals surface area contributed by atoms with Crippen LogP contribution in [0.4, 0.5) is 0 Å². The van der Waals surface area contributed by atoms with Crippen molar-refractivity contribution < 1.29 is 9.53 Å². The summed E-state index contributed by atoms with van der Waals surface area (Å²) in [4.78, 5) is 19.5. The predicted octanol–water partition coefficient (Wildman–Crippen LogP) is 1.86. The average Bonchev–Trinajstić information content (AvgIpc) is 2.96. The number of aromatic nitrogens is 2. The van der Waals surface area contributed by atoms with Crippen molar-refractivity contribution in [1.29, 1.82) is 0 Å². The Bertz CT molecular complexity index is 622. The summed E-state index contributed by atoms with van der Waals surface area (Å²) < 4.78 is 5.53. The van der Waals surface area contributed by atoms with Gasteiger partial charge in [-0.2, -0.15) is 0 Å². The van der Waals surface area contributed by atoms with Gasteiger partial charge in [0.2, 0.25) is 0 Å².